The number of benzene rings is 2. The van der Waals surface area contributed by atoms with E-state index in [-0.39, 0.29) is 53.8 Å². The summed E-state index contributed by atoms with van der Waals surface area (Å²) in [6.07, 6.45) is 10.7. The van der Waals surface area contributed by atoms with Gasteiger partial charge in [-0.15, -0.1) is 0 Å². The molecule has 18 nitrogen and oxygen atoms in total. The van der Waals surface area contributed by atoms with E-state index in [4.69, 9.17) is 20.9 Å². The van der Waals surface area contributed by atoms with Gasteiger partial charge in [0.15, 0.2) is 11.6 Å². The van der Waals surface area contributed by atoms with Crippen LogP contribution >= 0.6 is 0 Å². The Bertz CT molecular complexity index is 3110. The van der Waals surface area contributed by atoms with E-state index < -0.39 is 0 Å². The van der Waals surface area contributed by atoms with Crippen molar-refractivity contribution in [1.29, 1.82) is 0 Å². The van der Waals surface area contributed by atoms with Crippen LogP contribution in [0.15, 0.2) is 100 Å². The highest BCUT2D eigenvalue weighted by atomic mass is 16.5. The number of nitrogens with zero attached hydrogens (tertiary/aromatic N) is 9. The van der Waals surface area contributed by atoms with Crippen LogP contribution in [0.2, 0.25) is 0 Å². The molecule has 18 heteroatoms. The molecule has 2 saturated heterocycles. The molecule has 4 N–H and O–H groups in total. The summed E-state index contributed by atoms with van der Waals surface area (Å²) in [5.74, 6) is 2.08. The minimum Gasteiger partial charge on any atom is -0.497 e. The Labute approximate surface area is 413 Å². The van der Waals surface area contributed by atoms with E-state index in [1.807, 2.05) is 49.0 Å². The van der Waals surface area contributed by atoms with Crippen LogP contribution < -0.4 is 41.9 Å². The third-order valence-corrected chi connectivity index (χ3v) is 12.8. The molecule has 1 amide bonds. The number of ether oxygens (including phenoxy) is 2. The lowest BCUT2D eigenvalue weighted by Gasteiger charge is -2.34. The lowest BCUT2D eigenvalue weighted by molar-refractivity contribution is 0.0828. The van der Waals surface area contributed by atoms with E-state index in [1.165, 1.54) is 33.8 Å². The van der Waals surface area contributed by atoms with Gasteiger partial charge in [-0.05, 0) is 77.6 Å². The van der Waals surface area contributed by atoms with Gasteiger partial charge in [-0.3, -0.25) is 33.1 Å². The second kappa shape index (κ2) is 22.6. The lowest BCUT2D eigenvalue weighted by atomic mass is 10.1. The van der Waals surface area contributed by atoms with Crippen molar-refractivity contribution in [2.75, 3.05) is 64.3 Å². The molecule has 6 aromatic rings. The summed E-state index contributed by atoms with van der Waals surface area (Å²) < 4.78 is 17.0. The second-order valence-corrected chi connectivity index (χ2v) is 19.0. The lowest BCUT2D eigenvalue weighted by Crippen LogP contribution is -2.44. The number of nitrogens with two attached hydrogens (primary N) is 2. The normalized spacial score (nSPS) is 15.7. The molecule has 0 saturated carbocycles. The summed E-state index contributed by atoms with van der Waals surface area (Å²) in [7, 11) is 6.45. The van der Waals surface area contributed by atoms with Gasteiger partial charge in [0.05, 0.1) is 45.5 Å². The number of aromatic nitrogens is 6. The molecule has 0 aliphatic carbocycles. The number of Topliss-reactive ketones (excluding diaryl/α,β-unsaturated/α-hetero) is 2. The minimum atomic E-state index is -0.381. The number of hydrogen-bond acceptors (Lipinski definition) is 13. The zero-order chi connectivity index (χ0) is 51.1. The Hall–Kier alpha value is -7.31. The summed E-state index contributed by atoms with van der Waals surface area (Å²) in [5.41, 5.74) is 17.2. The summed E-state index contributed by atoms with van der Waals surface area (Å²) in [6.45, 7) is 11.6. The van der Waals surface area contributed by atoms with Crippen molar-refractivity contribution in [3.05, 3.63) is 128 Å². The zero-order valence-corrected chi connectivity index (χ0v) is 42.2. The van der Waals surface area contributed by atoms with Crippen LogP contribution in [0, 0.1) is 0 Å². The van der Waals surface area contributed by atoms with Gasteiger partial charge >= 0.3 is 0 Å². The fraction of sp³-hybridized carbons (Fsp3) is 0.415. The standard InChI is InChI=1S/C28H36N6O4.C25H31N5O3/c1-18(2)11-13-34-25-24(23(27(36)31(3)4)26(34)32-12-7-9-20(29)15-32)30-17-33(28(25)37)16-22(35)19-8-6-10-21(14-19)38-5;1-17(2)9-11-30-23(28-10-5-7-19(26)14-28)13-21-24(30)25(32)29(16-27-21)15-22(31)18-6-4-8-20(12-18)33-3/h6,8,10-11,14,17,20H,7,9,12-13,15-16,29H2,1-5H3;4,6,8-9,12-13,16,19H,5,7,10-11,14-15,26H2,1-3H3/t20-;19-/m11/s1. The fourth-order valence-electron chi connectivity index (χ4n) is 9.07. The van der Waals surface area contributed by atoms with Crippen molar-refractivity contribution in [2.24, 2.45) is 11.5 Å². The van der Waals surface area contributed by atoms with Gasteiger partial charge in [-0.2, -0.15) is 0 Å². The average molecular weight is 970 g/mol. The maximum atomic E-state index is 13.9. The fourth-order valence-corrected chi connectivity index (χ4v) is 9.07. The molecule has 0 spiro atoms. The summed E-state index contributed by atoms with van der Waals surface area (Å²) in [5, 5.41) is 0. The third kappa shape index (κ3) is 11.7. The molecule has 2 atom stereocenters. The summed E-state index contributed by atoms with van der Waals surface area (Å²) in [4.78, 5) is 81.8. The first-order valence-electron chi connectivity index (χ1n) is 24.0. The monoisotopic (exact) mass is 970 g/mol. The van der Waals surface area contributed by atoms with Crippen molar-refractivity contribution in [1.82, 2.24) is 33.1 Å². The highest BCUT2D eigenvalue weighted by Gasteiger charge is 2.32. The maximum absolute atomic E-state index is 13.9. The van der Waals surface area contributed by atoms with Crippen LogP contribution in [-0.4, -0.2) is 117 Å². The number of carbonyl (C=O) groups excluding carboxylic acids is 3. The van der Waals surface area contributed by atoms with Gasteiger partial charge in [0, 0.05) is 82.6 Å². The van der Waals surface area contributed by atoms with Crippen LogP contribution in [0.5, 0.6) is 11.5 Å². The largest absolute Gasteiger partial charge is 0.497 e. The average Bonchev–Trinajstić information content (AvgIpc) is 3.90. The number of hydrogen-bond donors (Lipinski definition) is 2. The Morgan fingerprint density at radius 3 is 1.73 bits per heavy atom. The quantitative estimate of drug-likeness (QED) is 0.0940. The number of amides is 1. The third-order valence-electron chi connectivity index (χ3n) is 12.8. The number of carbonyl (C=O) groups is 3. The van der Waals surface area contributed by atoms with E-state index >= 15 is 0 Å². The highest BCUT2D eigenvalue weighted by molar-refractivity contribution is 6.10. The molecule has 0 unspecified atom stereocenters. The molecule has 71 heavy (non-hydrogen) atoms. The van der Waals surface area contributed by atoms with Crippen LogP contribution in [0.3, 0.4) is 0 Å². The molecular formula is C53H67N11O7. The van der Waals surface area contributed by atoms with Gasteiger partial charge in [0.25, 0.3) is 17.0 Å². The minimum absolute atomic E-state index is 0.0360. The van der Waals surface area contributed by atoms with Crippen molar-refractivity contribution in [3.63, 3.8) is 0 Å². The van der Waals surface area contributed by atoms with Crippen molar-refractivity contribution in [3.8, 4) is 11.5 Å². The first-order valence-corrected chi connectivity index (χ1v) is 24.0. The van der Waals surface area contributed by atoms with Gasteiger partial charge in [0.1, 0.15) is 45.2 Å². The Morgan fingerprint density at radius 1 is 0.704 bits per heavy atom. The van der Waals surface area contributed by atoms with Crippen LogP contribution in [0.25, 0.3) is 22.1 Å². The number of anilines is 2. The summed E-state index contributed by atoms with van der Waals surface area (Å²) in [6, 6.07) is 15.8. The van der Waals surface area contributed by atoms with Gasteiger partial charge in [0.2, 0.25) is 0 Å². The number of rotatable bonds is 15. The van der Waals surface area contributed by atoms with E-state index in [2.05, 4.69) is 25.8 Å². The van der Waals surface area contributed by atoms with E-state index in [9.17, 15) is 24.0 Å². The molecule has 6 heterocycles. The van der Waals surface area contributed by atoms with E-state index in [1.54, 1.807) is 69.7 Å². The number of fused-ring (bicyclic) bond motifs is 2. The Kier molecular flexibility index (Phi) is 16.4. The van der Waals surface area contributed by atoms with Crippen molar-refractivity contribution >= 4 is 51.2 Å². The van der Waals surface area contributed by atoms with E-state index in [0.717, 1.165) is 62.3 Å². The topological polar surface area (TPSA) is 211 Å². The predicted octanol–water partition coefficient (Wildman–Crippen LogP) is 5.67. The number of methoxy groups -OCH3 is 2. The molecule has 2 fully saturated rings. The molecule has 8 rings (SSSR count). The molecule has 0 bridgehead atoms. The number of piperidine rings is 2. The van der Waals surface area contributed by atoms with Crippen molar-refractivity contribution < 1.29 is 23.9 Å². The van der Waals surface area contributed by atoms with Gasteiger partial charge < -0.3 is 44.8 Å². The predicted molar refractivity (Wildman–Crippen MR) is 278 cm³/mol. The molecule has 4 aromatic heterocycles. The molecule has 2 aromatic carbocycles. The van der Waals surface area contributed by atoms with Gasteiger partial charge in [-0.25, -0.2) is 9.97 Å². The van der Waals surface area contributed by atoms with E-state index in [0.29, 0.717) is 75.7 Å². The molecule has 2 aliphatic heterocycles. The van der Waals surface area contributed by atoms with Crippen molar-refractivity contribution in [2.45, 2.75) is 91.6 Å². The molecule has 376 valence electrons. The molecular weight excluding hydrogens is 903 g/mol. The van der Waals surface area contributed by atoms with Gasteiger partial charge in [-0.1, -0.05) is 47.6 Å². The number of ketones is 2. The Morgan fingerprint density at radius 2 is 1.21 bits per heavy atom. The molecule has 0 radical (unpaired) electrons. The first-order chi connectivity index (χ1) is 34.0. The zero-order valence-electron chi connectivity index (χ0n) is 42.2. The van der Waals surface area contributed by atoms with Crippen LogP contribution in [-0.2, 0) is 26.2 Å². The second-order valence-electron chi connectivity index (χ2n) is 19.0. The smallest absolute Gasteiger partial charge is 0.278 e. The Balaban J connectivity index is 0.000000211. The summed E-state index contributed by atoms with van der Waals surface area (Å²) >= 11 is 0. The van der Waals surface area contributed by atoms with Crippen LogP contribution in [0.4, 0.5) is 11.6 Å². The SMILES string of the molecule is COc1cccc(C(=O)Cn2cnc3c(C(=O)N(C)C)c(N4CCC[C@@H](N)C4)n(CC=C(C)C)c3c2=O)c1.COc1cccc(C(=O)Cn2cnc3cc(N4CCC[C@@H](N)C4)n(CC=C(C)C)c3c2=O)c1. The highest BCUT2D eigenvalue weighted by Crippen LogP contribution is 2.34. The van der Waals surface area contributed by atoms with Crippen LogP contribution in [0.1, 0.15) is 84.5 Å². The number of allylic oxidation sites excluding steroid dienone is 4. The first kappa shape index (κ1) is 51.5. The maximum Gasteiger partial charge on any atom is 0.278 e. The molecule has 2 aliphatic rings.